The zero-order valence-corrected chi connectivity index (χ0v) is 17.7. The molecule has 2 aromatic heterocycles. The van der Waals surface area contributed by atoms with Crippen LogP contribution in [0.5, 0.6) is 0 Å². The highest BCUT2D eigenvalue weighted by Crippen LogP contribution is 2.52. The van der Waals surface area contributed by atoms with Gasteiger partial charge in [0.2, 0.25) is 5.78 Å². The molecule has 31 heavy (non-hydrogen) atoms. The van der Waals surface area contributed by atoms with Gasteiger partial charge in [-0.1, -0.05) is 36.0 Å². The first-order chi connectivity index (χ1) is 15.2. The molecule has 0 atom stereocenters. The Hall–Kier alpha value is -3.48. The van der Waals surface area contributed by atoms with Crippen LogP contribution in [0.1, 0.15) is 25.7 Å². The van der Waals surface area contributed by atoms with Gasteiger partial charge in [-0.2, -0.15) is 0 Å². The number of allylic oxidation sites excluding steroid dienone is 1. The number of anilines is 3. The lowest BCUT2D eigenvalue weighted by Gasteiger charge is -2.31. The molecule has 0 amide bonds. The summed E-state index contributed by atoms with van der Waals surface area (Å²) in [5.41, 5.74) is 3.05. The summed E-state index contributed by atoms with van der Waals surface area (Å²) in [7, 11) is 0. The largest absolute Gasteiger partial charge is 0.300 e. The molecule has 0 bridgehead atoms. The number of carbonyl (C=O) groups excluding carboxylic acids is 2. The van der Waals surface area contributed by atoms with Gasteiger partial charge in [-0.3, -0.25) is 19.5 Å². The minimum atomic E-state index is -0.305. The second kappa shape index (κ2) is 7.04. The quantitative estimate of drug-likeness (QED) is 0.231. The van der Waals surface area contributed by atoms with Crippen molar-refractivity contribution in [3.8, 4) is 0 Å². The standard InChI is InChI=1S/C25H14N2O2S2/c28-24-16-6-5-13-26-23(16)25(29)17(24)14-15-11-12-22(30-15)27-18-7-1-3-9-20(18)31-21-10-4-2-8-19(21)27/h1-14H/b17-14+. The Morgan fingerprint density at radius 2 is 1.48 bits per heavy atom. The van der Waals surface area contributed by atoms with E-state index in [1.54, 1.807) is 47.5 Å². The van der Waals surface area contributed by atoms with Crippen LogP contribution in [0.2, 0.25) is 0 Å². The normalized spacial score (nSPS) is 15.7. The summed E-state index contributed by atoms with van der Waals surface area (Å²) in [5, 5.41) is 1.03. The van der Waals surface area contributed by atoms with E-state index in [-0.39, 0.29) is 22.8 Å². The average Bonchev–Trinajstić information content (AvgIpc) is 3.36. The number of ketones is 2. The zero-order chi connectivity index (χ0) is 20.9. The van der Waals surface area contributed by atoms with E-state index in [2.05, 4.69) is 34.1 Å². The highest BCUT2D eigenvalue weighted by atomic mass is 32.2. The Kier molecular flexibility index (Phi) is 4.16. The summed E-state index contributed by atoms with van der Waals surface area (Å²) in [6, 6.07) is 24.0. The molecule has 0 radical (unpaired) electrons. The van der Waals surface area contributed by atoms with Crippen molar-refractivity contribution in [3.05, 3.63) is 101 Å². The predicted molar refractivity (Wildman–Crippen MR) is 124 cm³/mol. The van der Waals surface area contributed by atoms with Gasteiger partial charge >= 0.3 is 0 Å². The molecule has 2 aliphatic rings. The van der Waals surface area contributed by atoms with Crippen molar-refractivity contribution in [2.75, 3.05) is 4.90 Å². The third-order valence-corrected chi connectivity index (χ3v) is 7.46. The van der Waals surface area contributed by atoms with Gasteiger partial charge < -0.3 is 0 Å². The van der Waals surface area contributed by atoms with E-state index in [9.17, 15) is 9.59 Å². The molecule has 2 aromatic carbocycles. The Morgan fingerprint density at radius 3 is 2.19 bits per heavy atom. The highest BCUT2D eigenvalue weighted by molar-refractivity contribution is 7.99. The van der Waals surface area contributed by atoms with Crippen LogP contribution in [-0.2, 0) is 0 Å². The Morgan fingerprint density at radius 1 is 0.774 bits per heavy atom. The van der Waals surface area contributed by atoms with Gasteiger partial charge in [0.05, 0.1) is 22.5 Å². The smallest absolute Gasteiger partial charge is 0.216 e. The van der Waals surface area contributed by atoms with Gasteiger partial charge in [0.25, 0.3) is 0 Å². The summed E-state index contributed by atoms with van der Waals surface area (Å²) in [6.07, 6.45) is 3.23. The van der Waals surface area contributed by atoms with Crippen molar-refractivity contribution in [2.45, 2.75) is 9.79 Å². The van der Waals surface area contributed by atoms with Crippen LogP contribution in [0.25, 0.3) is 6.08 Å². The molecule has 0 N–H and O–H groups in total. The molecule has 3 heterocycles. The molecule has 4 aromatic rings. The number of hydrogen-bond donors (Lipinski definition) is 0. The fourth-order valence-corrected chi connectivity index (χ4v) is 5.94. The van der Waals surface area contributed by atoms with E-state index in [1.165, 1.54) is 9.79 Å². The van der Waals surface area contributed by atoms with Gasteiger partial charge in [0.1, 0.15) is 10.7 Å². The van der Waals surface area contributed by atoms with Crippen molar-refractivity contribution < 1.29 is 9.59 Å². The van der Waals surface area contributed by atoms with Crippen molar-refractivity contribution in [1.29, 1.82) is 0 Å². The van der Waals surface area contributed by atoms with Gasteiger partial charge in [-0.25, -0.2) is 0 Å². The minimum absolute atomic E-state index is 0.178. The van der Waals surface area contributed by atoms with Crippen molar-refractivity contribution in [1.82, 2.24) is 4.98 Å². The second-order valence-electron chi connectivity index (χ2n) is 7.16. The van der Waals surface area contributed by atoms with Gasteiger partial charge in [0, 0.05) is 20.9 Å². The SMILES string of the molecule is O=C1/C(=C\c2ccc(N3c4ccccc4Sc4ccccc43)s2)C(=O)c2ncccc21. The summed E-state index contributed by atoms with van der Waals surface area (Å²) < 4.78 is 0. The Bertz CT molecular complexity index is 1340. The number of para-hydroxylation sites is 2. The molecule has 0 spiro atoms. The molecule has 0 saturated heterocycles. The van der Waals surface area contributed by atoms with Gasteiger partial charge in [-0.15, -0.1) is 11.3 Å². The molecular weight excluding hydrogens is 424 g/mol. The van der Waals surface area contributed by atoms with Crippen LogP contribution in [0.15, 0.2) is 94.4 Å². The third-order valence-electron chi connectivity index (χ3n) is 5.31. The minimum Gasteiger partial charge on any atom is -0.300 e. The number of rotatable bonds is 2. The van der Waals surface area contributed by atoms with Crippen LogP contribution >= 0.6 is 23.1 Å². The molecule has 4 nitrogen and oxygen atoms in total. The summed E-state index contributed by atoms with van der Waals surface area (Å²) >= 11 is 3.31. The number of hydrogen-bond acceptors (Lipinski definition) is 6. The molecule has 148 valence electrons. The molecule has 0 unspecified atom stereocenters. The molecule has 6 rings (SSSR count). The van der Waals surface area contributed by atoms with E-state index in [1.807, 2.05) is 36.4 Å². The van der Waals surface area contributed by atoms with Crippen LogP contribution in [0.3, 0.4) is 0 Å². The molecule has 6 heteroatoms. The number of benzene rings is 2. The molecule has 1 aliphatic carbocycles. The van der Waals surface area contributed by atoms with Crippen LogP contribution < -0.4 is 4.90 Å². The number of thiophene rings is 1. The Labute approximate surface area is 186 Å². The monoisotopic (exact) mass is 438 g/mol. The summed E-state index contributed by atoms with van der Waals surface area (Å²) in [4.78, 5) is 35.0. The maximum Gasteiger partial charge on any atom is 0.216 e. The van der Waals surface area contributed by atoms with Crippen molar-refractivity contribution in [2.24, 2.45) is 0 Å². The number of Topliss-reactive ketones (excluding diaryl/α,β-unsaturated/α-hetero) is 2. The summed E-state index contributed by atoms with van der Waals surface area (Å²) in [5.74, 6) is -0.561. The molecule has 0 fully saturated rings. The number of carbonyl (C=O) groups is 2. The highest BCUT2D eigenvalue weighted by Gasteiger charge is 2.34. The molecular formula is C25H14N2O2S2. The van der Waals surface area contributed by atoms with Gasteiger partial charge in [0.15, 0.2) is 5.78 Å². The van der Waals surface area contributed by atoms with Crippen LogP contribution in [0, 0.1) is 0 Å². The number of nitrogens with zero attached hydrogens (tertiary/aromatic N) is 2. The number of fused-ring (bicyclic) bond motifs is 3. The lowest BCUT2D eigenvalue weighted by atomic mass is 10.1. The lowest BCUT2D eigenvalue weighted by molar-refractivity contribution is 0.0989. The van der Waals surface area contributed by atoms with E-state index in [0.717, 1.165) is 21.3 Å². The zero-order valence-electron chi connectivity index (χ0n) is 16.1. The van der Waals surface area contributed by atoms with Crippen molar-refractivity contribution >= 4 is 57.1 Å². The molecule has 0 saturated carbocycles. The first-order valence-electron chi connectivity index (χ1n) is 9.73. The maximum absolute atomic E-state index is 12.7. The topological polar surface area (TPSA) is 50.3 Å². The lowest BCUT2D eigenvalue weighted by Crippen LogP contribution is -2.13. The fourth-order valence-electron chi connectivity index (χ4n) is 3.90. The second-order valence-corrected chi connectivity index (χ2v) is 9.34. The third kappa shape index (κ3) is 2.87. The van der Waals surface area contributed by atoms with E-state index < -0.39 is 0 Å². The maximum atomic E-state index is 12.7. The first kappa shape index (κ1) is 18.3. The average molecular weight is 439 g/mol. The number of pyridine rings is 1. The first-order valence-corrected chi connectivity index (χ1v) is 11.4. The van der Waals surface area contributed by atoms with E-state index in [0.29, 0.717) is 5.56 Å². The van der Waals surface area contributed by atoms with Crippen LogP contribution in [0.4, 0.5) is 16.4 Å². The Balaban J connectivity index is 1.43. The molecule has 1 aliphatic heterocycles. The van der Waals surface area contributed by atoms with Gasteiger partial charge in [-0.05, 0) is 54.6 Å². The van der Waals surface area contributed by atoms with E-state index in [4.69, 9.17) is 0 Å². The summed E-state index contributed by atoms with van der Waals surface area (Å²) in [6.45, 7) is 0. The van der Waals surface area contributed by atoms with Crippen LogP contribution in [-0.4, -0.2) is 16.6 Å². The number of aromatic nitrogens is 1. The van der Waals surface area contributed by atoms with Crippen molar-refractivity contribution in [3.63, 3.8) is 0 Å². The fraction of sp³-hybridized carbons (Fsp3) is 0. The van der Waals surface area contributed by atoms with E-state index >= 15 is 0 Å². The predicted octanol–water partition coefficient (Wildman–Crippen LogP) is 6.54.